The highest BCUT2D eigenvalue weighted by Crippen LogP contribution is 2.23. The molecule has 0 aliphatic rings. The van der Waals surface area contributed by atoms with Crippen molar-refractivity contribution in [2.75, 3.05) is 26.5 Å². The van der Waals surface area contributed by atoms with Crippen LogP contribution in [-0.4, -0.2) is 32.6 Å². The van der Waals surface area contributed by atoms with Crippen molar-refractivity contribution in [1.29, 1.82) is 0 Å². The molecule has 2 N–H and O–H groups in total. The molecule has 0 aliphatic heterocycles. The van der Waals surface area contributed by atoms with Crippen molar-refractivity contribution >= 4 is 27.8 Å². The lowest BCUT2D eigenvalue weighted by Crippen LogP contribution is -2.26. The van der Waals surface area contributed by atoms with Crippen LogP contribution < -0.4 is 25.8 Å². The fourth-order valence-corrected chi connectivity index (χ4v) is 4.82. The van der Waals surface area contributed by atoms with Crippen molar-refractivity contribution in [2.45, 2.75) is 6.04 Å². The summed E-state index contributed by atoms with van der Waals surface area (Å²) < 4.78 is 10.8. The number of methoxy groups -OCH3 is 2. The van der Waals surface area contributed by atoms with Gasteiger partial charge >= 0.3 is 0 Å². The fourth-order valence-electron chi connectivity index (χ4n) is 2.14. The predicted octanol–water partition coefficient (Wildman–Crippen LogP) is 2.34. The fraction of sp³-hybridized carbons (Fsp3) is 0.294. The number of benzene rings is 2. The summed E-state index contributed by atoms with van der Waals surface area (Å²) in [7, 11) is 4.79. The maximum absolute atomic E-state index is 6.28. The molecule has 5 heteroatoms. The first kappa shape index (κ1) is 17.2. The Labute approximate surface area is 136 Å². The van der Waals surface area contributed by atoms with Gasteiger partial charge in [0.2, 0.25) is 0 Å². The van der Waals surface area contributed by atoms with Crippen LogP contribution in [0, 0.1) is 0 Å². The van der Waals surface area contributed by atoms with Gasteiger partial charge in [-0.15, -0.1) is 0 Å². The third-order valence-electron chi connectivity index (χ3n) is 3.32. The van der Waals surface area contributed by atoms with E-state index in [1.807, 2.05) is 36.4 Å². The molecule has 0 radical (unpaired) electrons. The van der Waals surface area contributed by atoms with Crippen molar-refractivity contribution in [2.24, 2.45) is 5.73 Å². The van der Waals surface area contributed by atoms with Crippen molar-refractivity contribution in [3.8, 4) is 11.5 Å². The first-order chi connectivity index (χ1) is 10.7. The molecule has 0 bridgehead atoms. The minimum atomic E-state index is 0.200. The lowest BCUT2D eigenvalue weighted by atomic mass is 10.3. The Kier molecular flexibility index (Phi) is 7.12. The molecular weight excluding hydrogens is 312 g/mol. The van der Waals surface area contributed by atoms with E-state index >= 15 is 0 Å². The number of nitrogens with two attached hydrogens (primary N) is 1. The molecule has 0 spiro atoms. The van der Waals surface area contributed by atoms with Gasteiger partial charge in [0.1, 0.15) is 11.5 Å². The Bertz CT molecular complexity index is 541. The van der Waals surface area contributed by atoms with Crippen LogP contribution in [0.3, 0.4) is 0 Å². The molecule has 2 aromatic carbocycles. The Morgan fingerprint density at radius 3 is 1.64 bits per heavy atom. The quantitative estimate of drug-likeness (QED) is 0.753. The van der Waals surface area contributed by atoms with Crippen LogP contribution in [0.25, 0.3) is 0 Å². The summed E-state index contributed by atoms with van der Waals surface area (Å²) in [6.07, 6.45) is 1.98. The molecular formula is C17H23NO2P2. The monoisotopic (exact) mass is 335 g/mol. The molecule has 0 amide bonds. The van der Waals surface area contributed by atoms with Gasteiger partial charge in [-0.3, -0.25) is 0 Å². The molecule has 2 rings (SSSR count). The van der Waals surface area contributed by atoms with E-state index in [0.29, 0.717) is 17.2 Å². The van der Waals surface area contributed by atoms with Gasteiger partial charge in [0.05, 0.1) is 14.2 Å². The second-order valence-electron chi connectivity index (χ2n) is 4.92. The van der Waals surface area contributed by atoms with Gasteiger partial charge in [0.25, 0.3) is 0 Å². The zero-order chi connectivity index (χ0) is 15.8. The van der Waals surface area contributed by atoms with Crippen LogP contribution in [-0.2, 0) is 0 Å². The van der Waals surface area contributed by atoms with Gasteiger partial charge in [-0.25, -0.2) is 0 Å². The second-order valence-corrected chi connectivity index (χ2v) is 7.52. The molecule has 0 aromatic heterocycles. The molecule has 22 heavy (non-hydrogen) atoms. The number of hydrogen-bond donors (Lipinski definition) is 1. The number of rotatable bonds is 8. The van der Waals surface area contributed by atoms with Gasteiger partial charge < -0.3 is 15.2 Å². The highest BCUT2D eigenvalue weighted by Gasteiger charge is 2.08. The van der Waals surface area contributed by atoms with Crippen molar-refractivity contribution in [3.63, 3.8) is 0 Å². The Hall–Kier alpha value is -1.14. The van der Waals surface area contributed by atoms with Gasteiger partial charge in [0, 0.05) is 16.7 Å². The molecule has 2 atom stereocenters. The van der Waals surface area contributed by atoms with E-state index in [4.69, 9.17) is 15.2 Å². The van der Waals surface area contributed by atoms with Crippen LogP contribution in [0.1, 0.15) is 0 Å². The standard InChI is InChI=1S/C17H23NO2P2/c1-19-14-7-3-5-9-16(14)21-11-13(18)12-22-17-10-6-4-8-15(17)20-2/h3-10,13,21-22H,11-12,18H2,1-2H3. The first-order valence-electron chi connectivity index (χ1n) is 7.24. The summed E-state index contributed by atoms with van der Waals surface area (Å²) in [5.41, 5.74) is 6.28. The molecule has 0 saturated carbocycles. The van der Waals surface area contributed by atoms with Gasteiger partial charge in [-0.1, -0.05) is 53.6 Å². The minimum Gasteiger partial charge on any atom is -0.496 e. The van der Waals surface area contributed by atoms with Crippen molar-refractivity contribution < 1.29 is 9.47 Å². The average molecular weight is 335 g/mol. The predicted molar refractivity (Wildman–Crippen MR) is 99.6 cm³/mol. The first-order valence-corrected chi connectivity index (χ1v) is 9.65. The Morgan fingerprint density at radius 2 is 1.23 bits per heavy atom. The van der Waals surface area contributed by atoms with Gasteiger partial charge in [0.15, 0.2) is 0 Å². The Balaban J connectivity index is 1.84. The normalized spacial score (nSPS) is 13.0. The van der Waals surface area contributed by atoms with Crippen LogP contribution >= 0.6 is 17.2 Å². The van der Waals surface area contributed by atoms with E-state index in [2.05, 4.69) is 12.1 Å². The summed E-state index contributed by atoms with van der Waals surface area (Å²) in [6.45, 7) is 0. The molecule has 3 nitrogen and oxygen atoms in total. The number of ether oxygens (including phenoxy) is 2. The van der Waals surface area contributed by atoms with E-state index in [0.717, 1.165) is 23.8 Å². The zero-order valence-corrected chi connectivity index (χ0v) is 15.0. The summed E-state index contributed by atoms with van der Waals surface area (Å²) in [4.78, 5) is 0. The van der Waals surface area contributed by atoms with E-state index < -0.39 is 0 Å². The average Bonchev–Trinajstić information content (AvgIpc) is 2.58. The summed E-state index contributed by atoms with van der Waals surface area (Å²) in [5, 5.41) is 2.50. The molecule has 0 aliphatic carbocycles. The van der Waals surface area contributed by atoms with Gasteiger partial charge in [-0.2, -0.15) is 0 Å². The van der Waals surface area contributed by atoms with Crippen molar-refractivity contribution in [3.05, 3.63) is 48.5 Å². The molecule has 0 heterocycles. The van der Waals surface area contributed by atoms with Crippen molar-refractivity contribution in [1.82, 2.24) is 0 Å². The summed E-state index contributed by atoms with van der Waals surface area (Å²) in [5.74, 6) is 1.92. The summed E-state index contributed by atoms with van der Waals surface area (Å²) >= 11 is 0. The zero-order valence-electron chi connectivity index (χ0n) is 13.0. The van der Waals surface area contributed by atoms with Crippen LogP contribution in [0.15, 0.2) is 48.5 Å². The molecule has 0 saturated heterocycles. The lowest BCUT2D eigenvalue weighted by Gasteiger charge is -2.14. The van der Waals surface area contributed by atoms with E-state index in [9.17, 15) is 0 Å². The summed E-state index contributed by atoms with van der Waals surface area (Å²) in [6, 6.07) is 16.5. The maximum atomic E-state index is 6.28. The molecule has 2 unspecified atom stereocenters. The molecule has 118 valence electrons. The largest absolute Gasteiger partial charge is 0.496 e. The van der Waals surface area contributed by atoms with Crippen LogP contribution in [0.2, 0.25) is 0 Å². The number of para-hydroxylation sites is 2. The molecule has 2 aromatic rings. The molecule has 0 fully saturated rings. The van der Waals surface area contributed by atoms with E-state index in [-0.39, 0.29) is 6.04 Å². The van der Waals surface area contributed by atoms with Crippen LogP contribution in [0.5, 0.6) is 11.5 Å². The lowest BCUT2D eigenvalue weighted by molar-refractivity contribution is 0.418. The minimum absolute atomic E-state index is 0.200. The number of hydrogen-bond acceptors (Lipinski definition) is 3. The Morgan fingerprint density at radius 1 is 0.818 bits per heavy atom. The van der Waals surface area contributed by atoms with E-state index in [1.165, 1.54) is 10.6 Å². The third kappa shape index (κ3) is 4.95. The van der Waals surface area contributed by atoms with Gasteiger partial charge in [-0.05, 0) is 24.5 Å². The maximum Gasteiger partial charge on any atom is 0.126 e. The topological polar surface area (TPSA) is 44.5 Å². The SMILES string of the molecule is COc1ccccc1PCC(N)CPc1ccccc1OC. The second kappa shape index (κ2) is 9.10. The third-order valence-corrected chi connectivity index (χ3v) is 6.37. The highest BCUT2D eigenvalue weighted by molar-refractivity contribution is 7.48. The smallest absolute Gasteiger partial charge is 0.126 e. The highest BCUT2D eigenvalue weighted by atomic mass is 31.1. The van der Waals surface area contributed by atoms with E-state index in [1.54, 1.807) is 14.2 Å². The van der Waals surface area contributed by atoms with Crippen LogP contribution in [0.4, 0.5) is 0 Å².